The van der Waals surface area contributed by atoms with Gasteiger partial charge >= 0.3 is 6.03 Å². The predicted octanol–water partition coefficient (Wildman–Crippen LogP) is 1.57. The third-order valence-corrected chi connectivity index (χ3v) is 3.95. The smallest absolute Gasteiger partial charge is 0.321 e. The average Bonchev–Trinajstić information content (AvgIpc) is 2.48. The molecule has 1 saturated heterocycles. The first-order chi connectivity index (χ1) is 9.53. The highest BCUT2D eigenvalue weighted by Gasteiger charge is 2.30. The Kier molecular flexibility index (Phi) is 4.62. The molecular weight excluding hydrogens is 252 g/mol. The molecule has 1 aromatic rings. The highest BCUT2D eigenvalue weighted by atomic mass is 16.2. The third-order valence-electron chi connectivity index (χ3n) is 3.95. The summed E-state index contributed by atoms with van der Waals surface area (Å²) >= 11 is 0. The number of benzene rings is 1. The Hall–Kier alpha value is -1.59. The molecule has 1 heterocycles. The molecule has 0 bridgehead atoms. The first-order valence-electron chi connectivity index (χ1n) is 7.09. The van der Waals surface area contributed by atoms with Crippen LogP contribution >= 0.6 is 0 Å². The molecule has 3 N–H and O–H groups in total. The van der Waals surface area contributed by atoms with Crippen LogP contribution in [-0.4, -0.2) is 54.1 Å². The zero-order valence-corrected chi connectivity index (χ0v) is 12.3. The average molecular weight is 276 g/mol. The standard InChI is InChI=1S/C15H24N4O/c1-15(2,12-16)19-10-8-18(9-11-19)14(20)17-13-6-4-3-5-7-13/h3-7H,8-12,16H2,1-2H3,(H,17,20). The van der Waals surface area contributed by atoms with Crippen molar-refractivity contribution >= 4 is 11.7 Å². The molecular formula is C15H24N4O. The third kappa shape index (κ3) is 3.49. The van der Waals surface area contributed by atoms with Gasteiger partial charge in [-0.15, -0.1) is 0 Å². The quantitative estimate of drug-likeness (QED) is 0.881. The van der Waals surface area contributed by atoms with E-state index < -0.39 is 0 Å². The van der Waals surface area contributed by atoms with Crippen LogP contribution in [0.15, 0.2) is 30.3 Å². The summed E-state index contributed by atoms with van der Waals surface area (Å²) in [6.45, 7) is 8.13. The molecule has 1 aliphatic heterocycles. The molecule has 2 amide bonds. The summed E-state index contributed by atoms with van der Waals surface area (Å²) in [6, 6.07) is 9.52. The number of hydrogen-bond donors (Lipinski definition) is 2. The van der Waals surface area contributed by atoms with Gasteiger partial charge in [0.05, 0.1) is 0 Å². The van der Waals surface area contributed by atoms with Gasteiger partial charge in [-0.3, -0.25) is 4.90 Å². The minimum Gasteiger partial charge on any atom is -0.329 e. The second-order valence-corrected chi connectivity index (χ2v) is 5.79. The number of carbonyl (C=O) groups is 1. The number of nitrogens with zero attached hydrogens (tertiary/aromatic N) is 2. The molecule has 110 valence electrons. The molecule has 0 spiro atoms. The van der Waals surface area contributed by atoms with Crippen molar-refractivity contribution in [3.05, 3.63) is 30.3 Å². The summed E-state index contributed by atoms with van der Waals surface area (Å²) in [6.07, 6.45) is 0. The van der Waals surface area contributed by atoms with E-state index in [2.05, 4.69) is 24.1 Å². The molecule has 1 fully saturated rings. The van der Waals surface area contributed by atoms with Crippen molar-refractivity contribution in [1.29, 1.82) is 0 Å². The molecule has 0 radical (unpaired) electrons. The predicted molar refractivity (Wildman–Crippen MR) is 81.7 cm³/mol. The number of amides is 2. The van der Waals surface area contributed by atoms with Crippen LogP contribution in [0.25, 0.3) is 0 Å². The fraction of sp³-hybridized carbons (Fsp3) is 0.533. The number of anilines is 1. The van der Waals surface area contributed by atoms with Gasteiger partial charge < -0.3 is 16.0 Å². The second kappa shape index (κ2) is 6.24. The number of rotatable bonds is 3. The Labute approximate surface area is 120 Å². The van der Waals surface area contributed by atoms with Crippen molar-refractivity contribution in [2.75, 3.05) is 38.0 Å². The number of urea groups is 1. The van der Waals surface area contributed by atoms with Crippen molar-refractivity contribution in [3.8, 4) is 0 Å². The zero-order valence-electron chi connectivity index (χ0n) is 12.3. The fourth-order valence-corrected chi connectivity index (χ4v) is 2.37. The van der Waals surface area contributed by atoms with Gasteiger partial charge in [0.1, 0.15) is 0 Å². The first kappa shape index (κ1) is 14.8. The summed E-state index contributed by atoms with van der Waals surface area (Å²) < 4.78 is 0. The van der Waals surface area contributed by atoms with E-state index in [1.165, 1.54) is 0 Å². The summed E-state index contributed by atoms with van der Waals surface area (Å²) in [4.78, 5) is 16.4. The number of nitrogens with two attached hydrogens (primary N) is 1. The van der Waals surface area contributed by atoms with Crippen LogP contribution in [0.4, 0.5) is 10.5 Å². The van der Waals surface area contributed by atoms with Crippen molar-refractivity contribution in [1.82, 2.24) is 9.80 Å². The lowest BCUT2D eigenvalue weighted by molar-refractivity contribution is 0.0715. The van der Waals surface area contributed by atoms with Crippen molar-refractivity contribution in [2.45, 2.75) is 19.4 Å². The molecule has 1 aromatic carbocycles. The van der Waals surface area contributed by atoms with Crippen LogP contribution in [0.1, 0.15) is 13.8 Å². The topological polar surface area (TPSA) is 61.6 Å². The van der Waals surface area contributed by atoms with E-state index in [0.717, 1.165) is 31.9 Å². The van der Waals surface area contributed by atoms with Crippen molar-refractivity contribution in [2.24, 2.45) is 5.73 Å². The maximum atomic E-state index is 12.2. The number of piperazine rings is 1. The van der Waals surface area contributed by atoms with Gasteiger partial charge in [-0.1, -0.05) is 18.2 Å². The summed E-state index contributed by atoms with van der Waals surface area (Å²) in [5, 5.41) is 2.92. The Bertz CT molecular complexity index is 438. The normalized spacial score (nSPS) is 17.1. The van der Waals surface area contributed by atoms with Crippen molar-refractivity contribution in [3.63, 3.8) is 0 Å². The number of para-hydroxylation sites is 1. The number of carbonyl (C=O) groups excluding carboxylic acids is 1. The van der Waals surface area contributed by atoms with Gasteiger partial charge in [0.2, 0.25) is 0 Å². The molecule has 0 saturated carbocycles. The lowest BCUT2D eigenvalue weighted by atomic mass is 10.0. The molecule has 0 aromatic heterocycles. The van der Waals surface area contributed by atoms with Gasteiger partial charge in [0, 0.05) is 44.0 Å². The minimum absolute atomic E-state index is 0.00198. The summed E-state index contributed by atoms with van der Waals surface area (Å²) in [5.74, 6) is 0. The second-order valence-electron chi connectivity index (χ2n) is 5.79. The van der Waals surface area contributed by atoms with Crippen LogP contribution < -0.4 is 11.1 Å². The first-order valence-corrected chi connectivity index (χ1v) is 7.09. The SMILES string of the molecule is CC(C)(CN)N1CCN(C(=O)Nc2ccccc2)CC1. The molecule has 1 aliphatic rings. The van der Waals surface area contributed by atoms with Gasteiger partial charge in [0.15, 0.2) is 0 Å². The number of hydrogen-bond acceptors (Lipinski definition) is 3. The summed E-state index contributed by atoms with van der Waals surface area (Å²) in [7, 11) is 0. The Morgan fingerprint density at radius 2 is 1.80 bits per heavy atom. The molecule has 2 rings (SSSR count). The van der Waals surface area contributed by atoms with Crippen LogP contribution in [-0.2, 0) is 0 Å². The fourth-order valence-electron chi connectivity index (χ4n) is 2.37. The maximum absolute atomic E-state index is 12.2. The van der Waals surface area contributed by atoms with Crippen LogP contribution in [0.3, 0.4) is 0 Å². The van der Waals surface area contributed by atoms with Gasteiger partial charge in [-0.05, 0) is 26.0 Å². The molecule has 5 nitrogen and oxygen atoms in total. The largest absolute Gasteiger partial charge is 0.329 e. The molecule has 0 unspecified atom stereocenters. The summed E-state index contributed by atoms with van der Waals surface area (Å²) in [5.41, 5.74) is 6.64. The minimum atomic E-state index is -0.0265. The van der Waals surface area contributed by atoms with Gasteiger partial charge in [-0.25, -0.2) is 4.79 Å². The lowest BCUT2D eigenvalue weighted by Gasteiger charge is -2.43. The van der Waals surface area contributed by atoms with Crippen molar-refractivity contribution < 1.29 is 4.79 Å². The van der Waals surface area contributed by atoms with Crippen LogP contribution in [0.5, 0.6) is 0 Å². The molecule has 20 heavy (non-hydrogen) atoms. The van der Waals surface area contributed by atoms with Crippen LogP contribution in [0.2, 0.25) is 0 Å². The monoisotopic (exact) mass is 276 g/mol. The van der Waals surface area contributed by atoms with Crippen LogP contribution in [0, 0.1) is 0 Å². The van der Waals surface area contributed by atoms with E-state index in [-0.39, 0.29) is 11.6 Å². The Morgan fingerprint density at radius 1 is 1.20 bits per heavy atom. The maximum Gasteiger partial charge on any atom is 0.321 e. The van der Waals surface area contributed by atoms with E-state index in [1.807, 2.05) is 35.2 Å². The molecule has 0 atom stereocenters. The van der Waals surface area contributed by atoms with E-state index in [0.29, 0.717) is 6.54 Å². The van der Waals surface area contributed by atoms with E-state index in [1.54, 1.807) is 0 Å². The highest BCUT2D eigenvalue weighted by Crippen LogP contribution is 2.16. The van der Waals surface area contributed by atoms with Gasteiger partial charge in [0.25, 0.3) is 0 Å². The van der Waals surface area contributed by atoms with E-state index in [9.17, 15) is 4.79 Å². The molecule has 5 heteroatoms. The highest BCUT2D eigenvalue weighted by molar-refractivity contribution is 5.89. The Morgan fingerprint density at radius 3 is 2.35 bits per heavy atom. The van der Waals surface area contributed by atoms with Gasteiger partial charge in [-0.2, -0.15) is 0 Å². The van der Waals surface area contributed by atoms with E-state index >= 15 is 0 Å². The van der Waals surface area contributed by atoms with E-state index in [4.69, 9.17) is 5.73 Å². The Balaban J connectivity index is 1.86. The number of nitrogens with one attached hydrogen (secondary N) is 1. The molecule has 0 aliphatic carbocycles. The zero-order chi connectivity index (χ0) is 14.6. The lowest BCUT2D eigenvalue weighted by Crippen LogP contribution is -2.58.